The first-order valence-electron chi connectivity index (χ1n) is 5.90. The summed E-state index contributed by atoms with van der Waals surface area (Å²) in [6.45, 7) is 0. The van der Waals surface area contributed by atoms with Gasteiger partial charge in [0.1, 0.15) is 0 Å². The lowest BCUT2D eigenvalue weighted by Gasteiger charge is -2.08. The molecule has 2 aromatic rings. The first kappa shape index (κ1) is 14.1. The number of hydrogen-bond acceptors (Lipinski definition) is 3. The number of ether oxygens (including phenoxy) is 1. The van der Waals surface area contributed by atoms with Crippen LogP contribution in [0.1, 0.15) is 16.1 Å². The van der Waals surface area contributed by atoms with Crippen LogP contribution in [0.15, 0.2) is 36.5 Å². The molecule has 0 saturated heterocycles. The van der Waals surface area contributed by atoms with Crippen LogP contribution in [-0.2, 0) is 16.0 Å². The van der Waals surface area contributed by atoms with Crippen LogP contribution in [-0.4, -0.2) is 24.0 Å². The number of amides is 1. The largest absolute Gasteiger partial charge is 0.465 e. The number of H-pyrrole nitrogens is 1. The van der Waals surface area contributed by atoms with E-state index in [4.69, 9.17) is 11.6 Å². The highest BCUT2D eigenvalue weighted by Crippen LogP contribution is 2.23. The SMILES string of the molecule is COC(=O)c1ccc(Cl)c(NC(=O)Cc2ccc[nH]2)c1. The molecule has 0 unspecified atom stereocenters. The van der Waals surface area contributed by atoms with Crippen LogP contribution < -0.4 is 5.32 Å². The summed E-state index contributed by atoms with van der Waals surface area (Å²) < 4.78 is 4.62. The molecule has 0 spiro atoms. The second-order valence-electron chi connectivity index (χ2n) is 4.11. The molecule has 1 heterocycles. The molecule has 20 heavy (non-hydrogen) atoms. The monoisotopic (exact) mass is 292 g/mol. The van der Waals surface area contributed by atoms with Crippen LogP contribution in [0, 0.1) is 0 Å². The highest BCUT2D eigenvalue weighted by Gasteiger charge is 2.11. The van der Waals surface area contributed by atoms with Crippen molar-refractivity contribution in [3.8, 4) is 0 Å². The average Bonchev–Trinajstić information content (AvgIpc) is 2.93. The van der Waals surface area contributed by atoms with Crippen LogP contribution in [0.3, 0.4) is 0 Å². The lowest BCUT2D eigenvalue weighted by atomic mass is 10.2. The topological polar surface area (TPSA) is 71.2 Å². The van der Waals surface area contributed by atoms with E-state index in [-0.39, 0.29) is 12.3 Å². The first-order chi connectivity index (χ1) is 9.60. The fourth-order valence-corrected chi connectivity index (χ4v) is 1.88. The van der Waals surface area contributed by atoms with Gasteiger partial charge in [-0.3, -0.25) is 4.79 Å². The van der Waals surface area contributed by atoms with E-state index in [1.165, 1.54) is 25.3 Å². The van der Waals surface area contributed by atoms with Gasteiger partial charge in [0.15, 0.2) is 0 Å². The third-order valence-corrected chi connectivity index (χ3v) is 3.00. The number of aromatic amines is 1. The fourth-order valence-electron chi connectivity index (χ4n) is 1.71. The summed E-state index contributed by atoms with van der Waals surface area (Å²) in [4.78, 5) is 26.3. The van der Waals surface area contributed by atoms with Gasteiger partial charge in [0, 0.05) is 11.9 Å². The molecule has 1 aromatic carbocycles. The van der Waals surface area contributed by atoms with Gasteiger partial charge in [0.05, 0.1) is 29.8 Å². The van der Waals surface area contributed by atoms with Crippen molar-refractivity contribution in [1.82, 2.24) is 4.98 Å². The summed E-state index contributed by atoms with van der Waals surface area (Å²) in [6, 6.07) is 8.19. The molecule has 2 N–H and O–H groups in total. The van der Waals surface area contributed by atoms with E-state index in [9.17, 15) is 9.59 Å². The van der Waals surface area contributed by atoms with E-state index in [0.29, 0.717) is 16.3 Å². The van der Waals surface area contributed by atoms with Crippen molar-refractivity contribution in [2.45, 2.75) is 6.42 Å². The maximum Gasteiger partial charge on any atom is 0.337 e. The van der Waals surface area contributed by atoms with Gasteiger partial charge in [-0.25, -0.2) is 4.79 Å². The van der Waals surface area contributed by atoms with Crippen molar-refractivity contribution in [3.63, 3.8) is 0 Å². The Hall–Kier alpha value is -2.27. The summed E-state index contributed by atoms with van der Waals surface area (Å²) in [6.07, 6.45) is 1.94. The number of halogens is 1. The van der Waals surface area contributed by atoms with Crippen molar-refractivity contribution in [3.05, 3.63) is 52.8 Å². The van der Waals surface area contributed by atoms with Gasteiger partial charge in [-0.1, -0.05) is 11.6 Å². The van der Waals surface area contributed by atoms with Gasteiger partial charge in [-0.05, 0) is 30.3 Å². The molecular formula is C14H13ClN2O3. The number of anilines is 1. The van der Waals surface area contributed by atoms with Crippen molar-refractivity contribution in [2.24, 2.45) is 0 Å². The van der Waals surface area contributed by atoms with Gasteiger partial charge >= 0.3 is 5.97 Å². The van der Waals surface area contributed by atoms with Crippen molar-refractivity contribution < 1.29 is 14.3 Å². The third kappa shape index (κ3) is 3.39. The molecule has 1 amide bonds. The molecule has 0 aliphatic rings. The van der Waals surface area contributed by atoms with Crippen LogP contribution in [0.4, 0.5) is 5.69 Å². The Bertz CT molecular complexity index is 623. The maximum absolute atomic E-state index is 11.9. The molecule has 0 fully saturated rings. The number of nitrogens with one attached hydrogen (secondary N) is 2. The number of rotatable bonds is 4. The number of methoxy groups -OCH3 is 1. The van der Waals surface area contributed by atoms with E-state index in [1.807, 2.05) is 12.1 Å². The van der Waals surface area contributed by atoms with Crippen LogP contribution in [0.25, 0.3) is 0 Å². The summed E-state index contributed by atoms with van der Waals surface area (Å²) in [5, 5.41) is 3.03. The van der Waals surface area contributed by atoms with Gasteiger partial charge < -0.3 is 15.0 Å². The average molecular weight is 293 g/mol. The molecule has 0 aliphatic heterocycles. The standard InChI is InChI=1S/C14H13ClN2O3/c1-20-14(19)9-4-5-11(15)12(7-9)17-13(18)8-10-3-2-6-16-10/h2-7,16H,8H2,1H3,(H,17,18). The van der Waals surface area contributed by atoms with Crippen molar-refractivity contribution in [1.29, 1.82) is 0 Å². The smallest absolute Gasteiger partial charge is 0.337 e. The highest BCUT2D eigenvalue weighted by atomic mass is 35.5. The van der Waals surface area contributed by atoms with E-state index in [2.05, 4.69) is 15.0 Å². The molecule has 104 valence electrons. The van der Waals surface area contributed by atoms with Crippen LogP contribution in [0.2, 0.25) is 5.02 Å². The quantitative estimate of drug-likeness (QED) is 0.851. The highest BCUT2D eigenvalue weighted by molar-refractivity contribution is 6.33. The van der Waals surface area contributed by atoms with E-state index in [0.717, 1.165) is 5.69 Å². The summed E-state index contributed by atoms with van der Waals surface area (Å²) in [5.41, 5.74) is 1.50. The fraction of sp³-hybridized carbons (Fsp3) is 0.143. The molecule has 0 radical (unpaired) electrons. The second-order valence-corrected chi connectivity index (χ2v) is 4.51. The third-order valence-electron chi connectivity index (χ3n) is 2.67. The first-order valence-corrected chi connectivity index (χ1v) is 6.28. The molecule has 2 rings (SSSR count). The molecule has 0 atom stereocenters. The lowest BCUT2D eigenvalue weighted by molar-refractivity contribution is -0.115. The molecule has 1 aromatic heterocycles. The van der Waals surface area contributed by atoms with Gasteiger partial charge in [-0.2, -0.15) is 0 Å². The summed E-state index contributed by atoms with van der Waals surface area (Å²) in [7, 11) is 1.29. The maximum atomic E-state index is 11.9. The molecule has 0 saturated carbocycles. The Kier molecular flexibility index (Phi) is 4.42. The molecular weight excluding hydrogens is 280 g/mol. The normalized spacial score (nSPS) is 10.1. The minimum absolute atomic E-state index is 0.200. The lowest BCUT2D eigenvalue weighted by Crippen LogP contribution is -2.15. The van der Waals surface area contributed by atoms with Gasteiger partial charge in [0.25, 0.3) is 0 Å². The Morgan fingerprint density at radius 3 is 2.80 bits per heavy atom. The minimum Gasteiger partial charge on any atom is -0.465 e. The molecule has 6 heteroatoms. The predicted molar refractivity (Wildman–Crippen MR) is 75.9 cm³/mol. The zero-order valence-corrected chi connectivity index (χ0v) is 11.5. The summed E-state index contributed by atoms with van der Waals surface area (Å²) >= 11 is 6.00. The predicted octanol–water partition coefficient (Wildman–Crippen LogP) is 2.64. The molecule has 0 bridgehead atoms. The number of hydrogen-bond donors (Lipinski definition) is 2. The van der Waals surface area contributed by atoms with Crippen LogP contribution >= 0.6 is 11.6 Å². The van der Waals surface area contributed by atoms with Crippen LogP contribution in [0.5, 0.6) is 0 Å². The minimum atomic E-state index is -0.485. The van der Waals surface area contributed by atoms with Gasteiger partial charge in [0.2, 0.25) is 5.91 Å². The Morgan fingerprint density at radius 1 is 1.35 bits per heavy atom. The van der Waals surface area contributed by atoms with E-state index in [1.54, 1.807) is 6.20 Å². The van der Waals surface area contributed by atoms with Crippen molar-refractivity contribution >= 4 is 29.2 Å². The van der Waals surface area contributed by atoms with Gasteiger partial charge in [-0.15, -0.1) is 0 Å². The van der Waals surface area contributed by atoms with E-state index < -0.39 is 5.97 Å². The number of carbonyl (C=O) groups excluding carboxylic acids is 2. The number of aromatic nitrogens is 1. The zero-order chi connectivity index (χ0) is 14.5. The summed E-state index contributed by atoms with van der Waals surface area (Å²) in [5.74, 6) is -0.710. The number of benzene rings is 1. The number of esters is 1. The Morgan fingerprint density at radius 2 is 2.15 bits per heavy atom. The second kappa shape index (κ2) is 6.25. The van der Waals surface area contributed by atoms with E-state index >= 15 is 0 Å². The molecule has 5 nitrogen and oxygen atoms in total. The molecule has 0 aliphatic carbocycles. The van der Waals surface area contributed by atoms with Crippen molar-refractivity contribution in [2.75, 3.05) is 12.4 Å². The Balaban J connectivity index is 2.12. The number of carbonyl (C=O) groups is 2. The Labute approximate surface area is 120 Å². The zero-order valence-electron chi connectivity index (χ0n) is 10.8.